The molecule has 22 heavy (non-hydrogen) atoms. The van der Waals surface area contributed by atoms with Crippen molar-refractivity contribution in [3.63, 3.8) is 0 Å². The van der Waals surface area contributed by atoms with Gasteiger partial charge in [-0.15, -0.1) is 0 Å². The molecule has 0 amide bonds. The largest absolute Gasteiger partial charge is 0.370 e. The number of pyridine rings is 1. The average molecular weight is 295 g/mol. The molecule has 0 fully saturated rings. The molecule has 3 aromatic heterocycles. The zero-order valence-corrected chi connectivity index (χ0v) is 13.3. The van der Waals surface area contributed by atoms with Crippen LogP contribution in [-0.2, 0) is 12.8 Å². The van der Waals surface area contributed by atoms with Gasteiger partial charge in [0.1, 0.15) is 5.82 Å². The van der Waals surface area contributed by atoms with Crippen LogP contribution < -0.4 is 5.32 Å². The molecule has 5 heteroatoms. The lowest BCUT2D eigenvalue weighted by Crippen LogP contribution is -2.10. The third-order valence-corrected chi connectivity index (χ3v) is 3.91. The average Bonchev–Trinajstić information content (AvgIpc) is 2.84. The summed E-state index contributed by atoms with van der Waals surface area (Å²) < 4.78 is 1.91. The highest BCUT2D eigenvalue weighted by molar-refractivity contribution is 5.56. The molecule has 0 aromatic carbocycles. The van der Waals surface area contributed by atoms with Crippen molar-refractivity contribution in [2.45, 2.75) is 33.6 Å². The van der Waals surface area contributed by atoms with Gasteiger partial charge < -0.3 is 5.32 Å². The van der Waals surface area contributed by atoms with Gasteiger partial charge in [-0.3, -0.25) is 4.98 Å². The standard InChI is InChI=1S/C17H21N5/c1-4-15-10-16(19-9-7-14-6-5-8-18-11-14)22-17(20-15)12(2)13(3)21-22/h5-6,8,10-11,19H,4,7,9H2,1-3H3. The maximum Gasteiger partial charge on any atom is 0.160 e. The van der Waals surface area contributed by atoms with Crippen LogP contribution in [0.2, 0.25) is 0 Å². The molecule has 1 N–H and O–H groups in total. The number of anilines is 1. The Hall–Kier alpha value is -2.43. The summed E-state index contributed by atoms with van der Waals surface area (Å²) in [6, 6.07) is 6.15. The van der Waals surface area contributed by atoms with Crippen molar-refractivity contribution >= 4 is 11.5 Å². The molecule has 0 aliphatic heterocycles. The predicted molar refractivity (Wildman–Crippen MR) is 88.3 cm³/mol. The number of aryl methyl sites for hydroxylation is 3. The molecule has 0 saturated heterocycles. The van der Waals surface area contributed by atoms with E-state index in [0.29, 0.717) is 0 Å². The lowest BCUT2D eigenvalue weighted by atomic mass is 10.2. The van der Waals surface area contributed by atoms with Crippen molar-refractivity contribution in [2.24, 2.45) is 0 Å². The number of aromatic nitrogens is 4. The molecule has 0 aliphatic rings. The Labute approximate surface area is 130 Å². The summed E-state index contributed by atoms with van der Waals surface area (Å²) in [6.45, 7) is 7.06. The van der Waals surface area contributed by atoms with E-state index in [-0.39, 0.29) is 0 Å². The van der Waals surface area contributed by atoms with Gasteiger partial charge in [0.15, 0.2) is 5.65 Å². The number of nitrogens with one attached hydrogen (secondary N) is 1. The van der Waals surface area contributed by atoms with Crippen molar-refractivity contribution in [2.75, 3.05) is 11.9 Å². The summed E-state index contributed by atoms with van der Waals surface area (Å²) in [4.78, 5) is 8.84. The molecule has 0 bridgehead atoms. The second-order valence-corrected chi connectivity index (χ2v) is 5.47. The highest BCUT2D eigenvalue weighted by Crippen LogP contribution is 2.18. The second kappa shape index (κ2) is 6.13. The van der Waals surface area contributed by atoms with Gasteiger partial charge in [0.25, 0.3) is 0 Å². The van der Waals surface area contributed by atoms with E-state index in [0.717, 1.165) is 47.8 Å². The molecule has 3 rings (SSSR count). The van der Waals surface area contributed by atoms with Gasteiger partial charge in [0.2, 0.25) is 0 Å². The molecule has 0 spiro atoms. The normalized spacial score (nSPS) is 11.0. The Morgan fingerprint density at radius 3 is 2.86 bits per heavy atom. The van der Waals surface area contributed by atoms with Gasteiger partial charge in [-0.25, -0.2) is 4.98 Å². The molecular weight excluding hydrogens is 274 g/mol. The topological polar surface area (TPSA) is 55.1 Å². The van der Waals surface area contributed by atoms with Crippen LogP contribution in [0.1, 0.15) is 29.4 Å². The summed E-state index contributed by atoms with van der Waals surface area (Å²) in [7, 11) is 0. The zero-order valence-electron chi connectivity index (χ0n) is 13.3. The first-order valence-electron chi connectivity index (χ1n) is 7.67. The quantitative estimate of drug-likeness (QED) is 0.786. The monoisotopic (exact) mass is 295 g/mol. The molecule has 0 saturated carbocycles. The van der Waals surface area contributed by atoms with Crippen LogP contribution in [0, 0.1) is 13.8 Å². The maximum absolute atomic E-state index is 4.69. The molecule has 0 aliphatic carbocycles. The van der Waals surface area contributed by atoms with Crippen molar-refractivity contribution in [3.05, 3.63) is 53.1 Å². The van der Waals surface area contributed by atoms with Gasteiger partial charge >= 0.3 is 0 Å². The first-order valence-corrected chi connectivity index (χ1v) is 7.67. The van der Waals surface area contributed by atoms with Crippen molar-refractivity contribution in [1.29, 1.82) is 0 Å². The predicted octanol–water partition coefficient (Wildman–Crippen LogP) is 2.96. The van der Waals surface area contributed by atoms with E-state index >= 15 is 0 Å². The summed E-state index contributed by atoms with van der Waals surface area (Å²) >= 11 is 0. The van der Waals surface area contributed by atoms with Crippen molar-refractivity contribution in [3.8, 4) is 0 Å². The van der Waals surface area contributed by atoms with E-state index in [2.05, 4.69) is 41.4 Å². The van der Waals surface area contributed by atoms with E-state index in [9.17, 15) is 0 Å². The fraction of sp³-hybridized carbons (Fsp3) is 0.353. The summed E-state index contributed by atoms with van der Waals surface area (Å²) in [6.07, 6.45) is 5.55. The minimum atomic E-state index is 0.839. The van der Waals surface area contributed by atoms with Gasteiger partial charge in [0, 0.05) is 36.3 Å². The number of rotatable bonds is 5. The number of hydrogen-bond acceptors (Lipinski definition) is 4. The highest BCUT2D eigenvalue weighted by Gasteiger charge is 2.11. The second-order valence-electron chi connectivity index (χ2n) is 5.47. The fourth-order valence-corrected chi connectivity index (χ4v) is 2.47. The maximum atomic E-state index is 4.69. The van der Waals surface area contributed by atoms with Gasteiger partial charge in [0.05, 0.1) is 5.69 Å². The molecule has 0 radical (unpaired) electrons. The van der Waals surface area contributed by atoms with Crippen LogP contribution in [0.25, 0.3) is 5.65 Å². The van der Waals surface area contributed by atoms with Crippen LogP contribution in [0.5, 0.6) is 0 Å². The minimum absolute atomic E-state index is 0.839. The molecule has 3 heterocycles. The first kappa shape index (κ1) is 14.5. The molecular formula is C17H21N5. The number of nitrogens with zero attached hydrogens (tertiary/aromatic N) is 4. The van der Waals surface area contributed by atoms with Crippen LogP contribution in [0.4, 0.5) is 5.82 Å². The van der Waals surface area contributed by atoms with E-state index in [1.54, 1.807) is 6.20 Å². The Morgan fingerprint density at radius 2 is 2.14 bits per heavy atom. The van der Waals surface area contributed by atoms with Crippen LogP contribution in [-0.4, -0.2) is 26.1 Å². The summed E-state index contributed by atoms with van der Waals surface area (Å²) in [5.74, 6) is 1.00. The van der Waals surface area contributed by atoms with Gasteiger partial charge in [-0.05, 0) is 38.3 Å². The summed E-state index contributed by atoms with van der Waals surface area (Å²) in [5, 5.41) is 8.08. The van der Waals surface area contributed by atoms with Gasteiger partial charge in [-0.1, -0.05) is 13.0 Å². The molecule has 114 valence electrons. The Kier molecular flexibility index (Phi) is 4.04. The minimum Gasteiger partial charge on any atom is -0.370 e. The number of fused-ring (bicyclic) bond motifs is 1. The SMILES string of the molecule is CCc1cc(NCCc2cccnc2)n2nc(C)c(C)c2n1. The third kappa shape index (κ3) is 2.79. The molecule has 3 aromatic rings. The van der Waals surface area contributed by atoms with E-state index in [1.807, 2.05) is 23.7 Å². The lowest BCUT2D eigenvalue weighted by Gasteiger charge is -2.10. The van der Waals surface area contributed by atoms with Crippen LogP contribution in [0.15, 0.2) is 30.6 Å². The van der Waals surface area contributed by atoms with Gasteiger partial charge in [-0.2, -0.15) is 9.61 Å². The van der Waals surface area contributed by atoms with Crippen molar-refractivity contribution in [1.82, 2.24) is 19.6 Å². The smallest absolute Gasteiger partial charge is 0.160 e. The zero-order chi connectivity index (χ0) is 15.5. The number of hydrogen-bond donors (Lipinski definition) is 1. The Balaban J connectivity index is 1.84. The fourth-order valence-electron chi connectivity index (χ4n) is 2.47. The van der Waals surface area contributed by atoms with Crippen LogP contribution in [0.3, 0.4) is 0 Å². The van der Waals surface area contributed by atoms with E-state index in [4.69, 9.17) is 4.98 Å². The Morgan fingerprint density at radius 1 is 1.27 bits per heavy atom. The van der Waals surface area contributed by atoms with Crippen molar-refractivity contribution < 1.29 is 0 Å². The summed E-state index contributed by atoms with van der Waals surface area (Å²) in [5.41, 5.74) is 5.42. The first-order chi connectivity index (χ1) is 10.7. The molecule has 0 unspecified atom stereocenters. The Bertz CT molecular complexity index is 777. The van der Waals surface area contributed by atoms with E-state index < -0.39 is 0 Å². The third-order valence-electron chi connectivity index (χ3n) is 3.91. The highest BCUT2D eigenvalue weighted by atomic mass is 15.3. The molecule has 5 nitrogen and oxygen atoms in total. The van der Waals surface area contributed by atoms with E-state index in [1.165, 1.54) is 5.56 Å². The lowest BCUT2D eigenvalue weighted by molar-refractivity contribution is 0.881. The molecule has 0 atom stereocenters. The van der Waals surface area contributed by atoms with Crippen LogP contribution >= 0.6 is 0 Å².